The van der Waals surface area contributed by atoms with Crippen LogP contribution in [-0.4, -0.2) is 5.97 Å². The maximum absolute atomic E-state index is 10.6. The van der Waals surface area contributed by atoms with Crippen LogP contribution >= 0.6 is 0 Å². The number of carbonyl (C=O) groups is 1. The van der Waals surface area contributed by atoms with Crippen LogP contribution < -0.4 is 5.11 Å². The van der Waals surface area contributed by atoms with Crippen molar-refractivity contribution < 1.29 is 9.90 Å². The molecule has 0 bridgehead atoms. The third-order valence-electron chi connectivity index (χ3n) is 2.63. The second-order valence-electron chi connectivity index (χ2n) is 4.07. The maximum Gasteiger partial charge on any atom is 0.0715 e. The molecule has 0 atom stereocenters. The molecule has 0 N–H and O–H groups in total. The zero-order chi connectivity index (χ0) is 14.4. The minimum absolute atomic E-state index is 0.151. The van der Waals surface area contributed by atoms with Gasteiger partial charge in [0, 0.05) is 16.7 Å². The van der Waals surface area contributed by atoms with Gasteiger partial charge in [0.05, 0.1) is 5.97 Å². The molecule has 0 aliphatic rings. The van der Waals surface area contributed by atoms with E-state index < -0.39 is 5.97 Å². The van der Waals surface area contributed by atoms with Crippen LogP contribution in [0, 0.1) is 23.7 Å². The first kappa shape index (κ1) is 13.5. The zero-order valence-corrected chi connectivity index (χ0v) is 10.9. The summed E-state index contributed by atoms with van der Waals surface area (Å²) in [6, 6.07) is 13.9. The van der Waals surface area contributed by atoms with Gasteiger partial charge in [0.15, 0.2) is 0 Å². The van der Waals surface area contributed by atoms with Crippen molar-refractivity contribution in [3.63, 3.8) is 0 Å². The quantitative estimate of drug-likeness (QED) is 0.733. The molecule has 96 valence electrons. The standard InChI is InChI=1S/C18H12O2/c1-2-3-14-4-6-15(7-5-14)8-9-16-10-12-17(13-11-16)18(19)20/h4-7,10-13H,1H3,(H,19,20)/p-1. The van der Waals surface area contributed by atoms with Gasteiger partial charge >= 0.3 is 0 Å². The van der Waals surface area contributed by atoms with E-state index in [-0.39, 0.29) is 5.56 Å². The fourth-order valence-corrected chi connectivity index (χ4v) is 1.62. The lowest BCUT2D eigenvalue weighted by Gasteiger charge is -2.00. The highest BCUT2D eigenvalue weighted by Crippen LogP contribution is 2.04. The van der Waals surface area contributed by atoms with E-state index in [1.807, 2.05) is 24.3 Å². The summed E-state index contributed by atoms with van der Waals surface area (Å²) < 4.78 is 0. The highest BCUT2D eigenvalue weighted by Gasteiger charge is 1.93. The Morgan fingerprint density at radius 3 is 1.60 bits per heavy atom. The van der Waals surface area contributed by atoms with Crippen LogP contribution in [0.2, 0.25) is 0 Å². The van der Waals surface area contributed by atoms with Crippen molar-refractivity contribution in [2.75, 3.05) is 0 Å². The number of carbonyl (C=O) groups excluding carboxylic acids is 1. The minimum Gasteiger partial charge on any atom is -0.545 e. The number of benzene rings is 2. The molecule has 0 aromatic heterocycles. The van der Waals surface area contributed by atoms with Gasteiger partial charge in [-0.3, -0.25) is 0 Å². The van der Waals surface area contributed by atoms with Crippen LogP contribution in [0.4, 0.5) is 0 Å². The Morgan fingerprint density at radius 1 is 0.800 bits per heavy atom. The zero-order valence-electron chi connectivity index (χ0n) is 10.9. The van der Waals surface area contributed by atoms with E-state index in [2.05, 4.69) is 23.7 Å². The molecule has 0 amide bonds. The van der Waals surface area contributed by atoms with Crippen molar-refractivity contribution in [2.45, 2.75) is 6.92 Å². The number of hydrogen-bond donors (Lipinski definition) is 0. The van der Waals surface area contributed by atoms with E-state index >= 15 is 0 Å². The number of rotatable bonds is 1. The molecule has 2 rings (SSSR count). The van der Waals surface area contributed by atoms with E-state index in [1.54, 1.807) is 19.1 Å². The number of aromatic carboxylic acids is 1. The molecular formula is C18H11O2-. The summed E-state index contributed by atoms with van der Waals surface area (Å²) in [6.45, 7) is 1.80. The molecule has 2 aromatic carbocycles. The highest BCUT2D eigenvalue weighted by molar-refractivity contribution is 5.85. The third-order valence-corrected chi connectivity index (χ3v) is 2.63. The Bertz CT molecular complexity index is 730. The summed E-state index contributed by atoms with van der Waals surface area (Å²) in [6.07, 6.45) is 0. The lowest BCUT2D eigenvalue weighted by atomic mass is 10.1. The van der Waals surface area contributed by atoms with Gasteiger partial charge in [0.25, 0.3) is 0 Å². The highest BCUT2D eigenvalue weighted by atomic mass is 16.4. The summed E-state index contributed by atoms with van der Waals surface area (Å²) in [5, 5.41) is 10.6. The van der Waals surface area contributed by atoms with E-state index in [0.29, 0.717) is 0 Å². The van der Waals surface area contributed by atoms with Crippen LogP contribution in [0.3, 0.4) is 0 Å². The average Bonchev–Trinajstić information content (AvgIpc) is 2.47. The molecule has 2 aromatic rings. The number of hydrogen-bond acceptors (Lipinski definition) is 2. The number of carboxylic acid groups (broad SMARTS) is 1. The smallest absolute Gasteiger partial charge is 0.0715 e. The molecule has 0 aliphatic carbocycles. The summed E-state index contributed by atoms with van der Waals surface area (Å²) in [5.41, 5.74) is 2.75. The molecule has 0 aliphatic heterocycles. The molecule has 0 fully saturated rings. The van der Waals surface area contributed by atoms with E-state index in [9.17, 15) is 9.90 Å². The first-order valence-corrected chi connectivity index (χ1v) is 6.05. The van der Waals surface area contributed by atoms with Gasteiger partial charge in [-0.15, -0.1) is 5.92 Å². The second kappa shape index (κ2) is 6.27. The molecule has 20 heavy (non-hydrogen) atoms. The Labute approximate surface area is 118 Å². The largest absolute Gasteiger partial charge is 0.545 e. The third kappa shape index (κ3) is 3.51. The predicted molar refractivity (Wildman–Crippen MR) is 75.7 cm³/mol. The van der Waals surface area contributed by atoms with Crippen LogP contribution in [0.25, 0.3) is 0 Å². The van der Waals surface area contributed by atoms with Crippen molar-refractivity contribution in [3.8, 4) is 23.7 Å². The Kier molecular flexibility index (Phi) is 4.22. The monoisotopic (exact) mass is 259 g/mol. The first-order chi connectivity index (χ1) is 9.69. The normalized spacial score (nSPS) is 8.85. The van der Waals surface area contributed by atoms with Gasteiger partial charge in [-0.25, -0.2) is 0 Å². The summed E-state index contributed by atoms with van der Waals surface area (Å²) in [4.78, 5) is 10.6. The minimum atomic E-state index is -1.18. The Balaban J connectivity index is 2.17. The molecule has 0 heterocycles. The van der Waals surface area contributed by atoms with Crippen molar-refractivity contribution >= 4 is 5.97 Å². The first-order valence-electron chi connectivity index (χ1n) is 6.05. The lowest BCUT2D eigenvalue weighted by Crippen LogP contribution is -2.21. The second-order valence-corrected chi connectivity index (χ2v) is 4.07. The van der Waals surface area contributed by atoms with Crippen molar-refractivity contribution in [3.05, 3.63) is 70.8 Å². The molecule has 0 saturated carbocycles. The SMILES string of the molecule is CC#Cc1ccc(C#Cc2ccc(C(=O)[O-])cc2)cc1. The molecule has 0 spiro atoms. The Hall–Kier alpha value is -2.97. The van der Waals surface area contributed by atoms with Gasteiger partial charge in [-0.1, -0.05) is 29.9 Å². The van der Waals surface area contributed by atoms with E-state index in [0.717, 1.165) is 16.7 Å². The van der Waals surface area contributed by atoms with Crippen molar-refractivity contribution in [2.24, 2.45) is 0 Å². The Morgan fingerprint density at radius 2 is 1.20 bits per heavy atom. The van der Waals surface area contributed by atoms with Gasteiger partial charge < -0.3 is 9.90 Å². The van der Waals surface area contributed by atoms with Gasteiger partial charge in [-0.05, 0) is 48.9 Å². The molecule has 0 saturated heterocycles. The summed E-state index contributed by atoms with van der Waals surface area (Å²) in [5.74, 6) is 10.6. The van der Waals surface area contributed by atoms with Crippen LogP contribution in [-0.2, 0) is 0 Å². The van der Waals surface area contributed by atoms with Crippen molar-refractivity contribution in [1.29, 1.82) is 0 Å². The van der Waals surface area contributed by atoms with E-state index in [1.165, 1.54) is 12.1 Å². The summed E-state index contributed by atoms with van der Waals surface area (Å²) in [7, 11) is 0. The van der Waals surface area contributed by atoms with Crippen LogP contribution in [0.15, 0.2) is 48.5 Å². The fraction of sp³-hybridized carbons (Fsp3) is 0.0556. The fourth-order valence-electron chi connectivity index (χ4n) is 1.62. The van der Waals surface area contributed by atoms with Gasteiger partial charge in [0.2, 0.25) is 0 Å². The maximum atomic E-state index is 10.6. The predicted octanol–water partition coefficient (Wildman–Crippen LogP) is 1.82. The molecule has 2 heteroatoms. The number of carboxylic acids is 1. The van der Waals surface area contributed by atoms with Gasteiger partial charge in [0.1, 0.15) is 0 Å². The summed E-state index contributed by atoms with van der Waals surface area (Å²) >= 11 is 0. The van der Waals surface area contributed by atoms with Crippen LogP contribution in [0.5, 0.6) is 0 Å². The van der Waals surface area contributed by atoms with Crippen LogP contribution in [0.1, 0.15) is 34.0 Å². The lowest BCUT2D eigenvalue weighted by molar-refractivity contribution is -0.255. The topological polar surface area (TPSA) is 40.1 Å². The van der Waals surface area contributed by atoms with Crippen molar-refractivity contribution in [1.82, 2.24) is 0 Å². The van der Waals surface area contributed by atoms with E-state index in [4.69, 9.17) is 0 Å². The molecule has 2 nitrogen and oxygen atoms in total. The average molecular weight is 259 g/mol. The molecular weight excluding hydrogens is 248 g/mol. The molecule has 0 unspecified atom stereocenters. The molecule has 0 radical (unpaired) electrons. The van der Waals surface area contributed by atoms with Gasteiger partial charge in [-0.2, -0.15) is 0 Å².